The predicted octanol–water partition coefficient (Wildman–Crippen LogP) is 14.3. The van der Waals surface area contributed by atoms with E-state index in [4.69, 9.17) is 4.74 Å². The zero-order valence-electron chi connectivity index (χ0n) is 32.5. The van der Waals surface area contributed by atoms with Gasteiger partial charge in [0.25, 0.3) is 0 Å². The molecule has 0 aromatic heterocycles. The van der Waals surface area contributed by atoms with Crippen molar-refractivity contribution in [3.8, 4) is 0 Å². The van der Waals surface area contributed by atoms with Gasteiger partial charge in [0.05, 0.1) is 6.67 Å². The molecule has 0 aromatic rings. The van der Waals surface area contributed by atoms with Gasteiger partial charge in [0.2, 0.25) is 0 Å². The molecular weight excluding hydrogens is 564 g/mol. The van der Waals surface area contributed by atoms with E-state index in [1.807, 2.05) is 20.8 Å². The third-order valence-corrected chi connectivity index (χ3v) is 9.50. The van der Waals surface area contributed by atoms with Gasteiger partial charge in [0.15, 0.2) is 0 Å². The fourth-order valence-electron chi connectivity index (χ4n) is 6.53. The lowest BCUT2D eigenvalue weighted by Crippen LogP contribution is -2.41. The number of nitrogens with zero attached hydrogens (tertiary/aromatic N) is 1. The van der Waals surface area contributed by atoms with E-state index >= 15 is 0 Å². The average molecular weight is 651 g/mol. The van der Waals surface area contributed by atoms with Crippen LogP contribution in [0, 0.1) is 0 Å². The monoisotopic (exact) mass is 651 g/mol. The Kier molecular flexibility index (Phi) is 34.9. The van der Waals surface area contributed by atoms with Crippen molar-refractivity contribution in [1.29, 1.82) is 0 Å². The van der Waals surface area contributed by atoms with Crippen LogP contribution >= 0.6 is 0 Å². The molecule has 46 heavy (non-hydrogen) atoms. The van der Waals surface area contributed by atoms with Gasteiger partial charge in [-0.1, -0.05) is 206 Å². The van der Waals surface area contributed by atoms with Crippen LogP contribution in [0.5, 0.6) is 0 Å². The second-order valence-corrected chi connectivity index (χ2v) is 15.6. The van der Waals surface area contributed by atoms with Crippen molar-refractivity contribution in [1.82, 2.24) is 10.2 Å². The second-order valence-electron chi connectivity index (χ2n) is 15.6. The van der Waals surface area contributed by atoms with Gasteiger partial charge in [-0.15, -0.1) is 0 Å². The summed E-state index contributed by atoms with van der Waals surface area (Å²) in [6, 6.07) is 0. The van der Waals surface area contributed by atoms with Gasteiger partial charge in [0, 0.05) is 0 Å². The first-order chi connectivity index (χ1) is 22.4. The van der Waals surface area contributed by atoms with Crippen LogP contribution in [-0.2, 0) is 4.74 Å². The number of nitrogens with one attached hydrogen (secondary N) is 1. The normalized spacial score (nSPS) is 11.9. The van der Waals surface area contributed by atoms with Crippen LogP contribution in [0.25, 0.3) is 0 Å². The number of carbonyl (C=O) groups is 1. The Morgan fingerprint density at radius 2 is 0.674 bits per heavy atom. The highest BCUT2D eigenvalue weighted by molar-refractivity contribution is 5.67. The van der Waals surface area contributed by atoms with Crippen molar-refractivity contribution in [3.05, 3.63) is 0 Å². The summed E-state index contributed by atoms with van der Waals surface area (Å²) in [5.74, 6) is 0. The van der Waals surface area contributed by atoms with Crippen molar-refractivity contribution in [2.45, 2.75) is 246 Å². The van der Waals surface area contributed by atoms with Gasteiger partial charge >= 0.3 is 6.09 Å². The SMILES string of the molecule is CCCCCCCCCCCCCCCCCCN(CCCCCCCCCCCCCCCCCC)CNC(=O)OC(C)(C)C. The minimum atomic E-state index is -0.448. The first-order valence-corrected chi connectivity index (χ1v) is 21.1. The zero-order chi connectivity index (χ0) is 33.8. The lowest BCUT2D eigenvalue weighted by Gasteiger charge is -2.25. The van der Waals surface area contributed by atoms with Crippen molar-refractivity contribution in [2.75, 3.05) is 19.8 Å². The maximum Gasteiger partial charge on any atom is 0.408 e. The second kappa shape index (κ2) is 35.5. The highest BCUT2D eigenvalue weighted by Crippen LogP contribution is 2.16. The Balaban J connectivity index is 3.87. The molecule has 0 spiro atoms. The van der Waals surface area contributed by atoms with Crippen molar-refractivity contribution in [2.24, 2.45) is 0 Å². The summed E-state index contributed by atoms with van der Waals surface area (Å²) in [7, 11) is 0. The molecule has 0 saturated heterocycles. The van der Waals surface area contributed by atoms with Gasteiger partial charge in [0.1, 0.15) is 5.60 Å². The Bertz CT molecular complexity index is 567. The molecule has 0 unspecified atom stereocenters. The molecule has 0 aliphatic rings. The lowest BCUT2D eigenvalue weighted by atomic mass is 10.0. The molecule has 4 heteroatoms. The molecule has 0 aliphatic carbocycles. The molecule has 0 atom stereocenters. The van der Waals surface area contributed by atoms with E-state index in [0.29, 0.717) is 6.67 Å². The van der Waals surface area contributed by atoms with Crippen molar-refractivity contribution < 1.29 is 9.53 Å². The number of amides is 1. The van der Waals surface area contributed by atoms with Crippen LogP contribution in [-0.4, -0.2) is 36.4 Å². The van der Waals surface area contributed by atoms with Crippen LogP contribution < -0.4 is 5.32 Å². The van der Waals surface area contributed by atoms with E-state index in [-0.39, 0.29) is 6.09 Å². The molecular formula is C42H86N2O2. The van der Waals surface area contributed by atoms with Crippen LogP contribution in [0.3, 0.4) is 0 Å². The predicted molar refractivity (Wildman–Crippen MR) is 205 cm³/mol. The van der Waals surface area contributed by atoms with E-state index in [9.17, 15) is 4.79 Å². The molecule has 1 N–H and O–H groups in total. The largest absolute Gasteiger partial charge is 0.444 e. The van der Waals surface area contributed by atoms with E-state index in [2.05, 4.69) is 24.1 Å². The number of hydrogen-bond acceptors (Lipinski definition) is 3. The summed E-state index contributed by atoms with van der Waals surface area (Å²) in [5.41, 5.74) is -0.448. The van der Waals surface area contributed by atoms with Crippen LogP contribution in [0.15, 0.2) is 0 Å². The minimum absolute atomic E-state index is 0.295. The van der Waals surface area contributed by atoms with Gasteiger partial charge < -0.3 is 10.1 Å². The number of carbonyl (C=O) groups excluding carboxylic acids is 1. The van der Waals surface area contributed by atoms with E-state index in [1.165, 1.54) is 205 Å². The summed E-state index contributed by atoms with van der Waals surface area (Å²) >= 11 is 0. The van der Waals surface area contributed by atoms with Gasteiger partial charge in [-0.25, -0.2) is 4.79 Å². The number of alkyl carbamates (subject to hydrolysis) is 1. The number of ether oxygens (including phenoxy) is 1. The van der Waals surface area contributed by atoms with E-state index in [1.54, 1.807) is 0 Å². The third kappa shape index (κ3) is 37.7. The summed E-state index contributed by atoms with van der Waals surface area (Å²) in [4.78, 5) is 14.7. The Labute approximate surface area is 290 Å². The van der Waals surface area contributed by atoms with Crippen molar-refractivity contribution in [3.63, 3.8) is 0 Å². The Morgan fingerprint density at radius 3 is 0.913 bits per heavy atom. The molecule has 0 aromatic carbocycles. The first-order valence-electron chi connectivity index (χ1n) is 21.1. The molecule has 0 aliphatic heterocycles. The molecule has 0 rings (SSSR count). The fourth-order valence-corrected chi connectivity index (χ4v) is 6.53. The molecule has 0 radical (unpaired) electrons. The number of hydrogen-bond donors (Lipinski definition) is 1. The minimum Gasteiger partial charge on any atom is -0.444 e. The highest BCUT2D eigenvalue weighted by Gasteiger charge is 2.16. The standard InChI is InChI=1S/C42H86N2O2/c1-6-8-10-12-14-16-18-20-22-24-26-28-30-32-34-36-38-44(40-43-41(45)46-42(3,4)5)39-37-35-33-31-29-27-25-23-21-19-17-15-13-11-9-7-2/h6-40H2,1-5H3,(H,43,45). The van der Waals surface area contributed by atoms with E-state index < -0.39 is 5.60 Å². The van der Waals surface area contributed by atoms with Gasteiger partial charge in [-0.3, -0.25) is 4.90 Å². The van der Waals surface area contributed by atoms with Gasteiger partial charge in [-0.05, 0) is 46.7 Å². The number of rotatable bonds is 36. The lowest BCUT2D eigenvalue weighted by molar-refractivity contribution is 0.0489. The molecule has 0 heterocycles. The quantitative estimate of drug-likeness (QED) is 0.0542. The maximum atomic E-state index is 12.2. The first kappa shape index (κ1) is 45.2. The molecule has 0 fully saturated rings. The zero-order valence-corrected chi connectivity index (χ0v) is 32.5. The molecule has 1 amide bonds. The Hall–Kier alpha value is -0.770. The van der Waals surface area contributed by atoms with Gasteiger partial charge in [-0.2, -0.15) is 0 Å². The van der Waals surface area contributed by atoms with E-state index in [0.717, 1.165) is 13.1 Å². The smallest absolute Gasteiger partial charge is 0.408 e. The fraction of sp³-hybridized carbons (Fsp3) is 0.976. The summed E-state index contributed by atoms with van der Waals surface area (Å²) in [6.07, 6.45) is 44.5. The molecule has 276 valence electrons. The summed E-state index contributed by atoms with van der Waals surface area (Å²) < 4.78 is 5.48. The number of unbranched alkanes of at least 4 members (excludes halogenated alkanes) is 30. The Morgan fingerprint density at radius 1 is 0.435 bits per heavy atom. The molecule has 0 saturated carbocycles. The highest BCUT2D eigenvalue weighted by atomic mass is 16.6. The molecule has 4 nitrogen and oxygen atoms in total. The summed E-state index contributed by atoms with van der Waals surface area (Å²) in [5, 5.41) is 3.01. The van der Waals surface area contributed by atoms with Crippen LogP contribution in [0.2, 0.25) is 0 Å². The van der Waals surface area contributed by atoms with Crippen LogP contribution in [0.4, 0.5) is 4.79 Å². The summed E-state index contributed by atoms with van der Waals surface area (Å²) in [6.45, 7) is 13.1. The maximum absolute atomic E-state index is 12.2. The average Bonchev–Trinajstić information content (AvgIpc) is 3.02. The van der Waals surface area contributed by atoms with Crippen molar-refractivity contribution >= 4 is 6.09 Å². The molecule has 0 bridgehead atoms. The topological polar surface area (TPSA) is 41.6 Å². The third-order valence-electron chi connectivity index (χ3n) is 9.50. The van der Waals surface area contributed by atoms with Crippen LogP contribution in [0.1, 0.15) is 240 Å².